The standard InChI is InChI=1S/C14H18N4O3/c1-8(7-18-6-4-5-15-18)16-13(19)11-9(2)12(14(20)21)17-10(11)3/h4-6,8,17H,7H2,1-3H3,(H,16,19)(H,20,21). The van der Waals surface area contributed by atoms with Crippen LogP contribution in [0.2, 0.25) is 0 Å². The van der Waals surface area contributed by atoms with E-state index in [-0.39, 0.29) is 17.6 Å². The molecule has 0 aliphatic rings. The second kappa shape index (κ2) is 5.82. The average molecular weight is 290 g/mol. The first-order valence-corrected chi connectivity index (χ1v) is 6.61. The van der Waals surface area contributed by atoms with Gasteiger partial charge < -0.3 is 15.4 Å². The molecule has 112 valence electrons. The molecule has 0 aromatic carbocycles. The van der Waals surface area contributed by atoms with Crippen molar-refractivity contribution in [2.24, 2.45) is 0 Å². The summed E-state index contributed by atoms with van der Waals surface area (Å²) in [5, 5.41) is 16.0. The van der Waals surface area contributed by atoms with E-state index in [0.29, 0.717) is 23.4 Å². The van der Waals surface area contributed by atoms with Crippen LogP contribution < -0.4 is 5.32 Å². The molecule has 0 fully saturated rings. The summed E-state index contributed by atoms with van der Waals surface area (Å²) in [6.45, 7) is 5.73. The Labute approximate surface area is 122 Å². The molecule has 21 heavy (non-hydrogen) atoms. The molecule has 7 heteroatoms. The Kier molecular flexibility index (Phi) is 4.11. The van der Waals surface area contributed by atoms with Gasteiger partial charge in [-0.2, -0.15) is 5.10 Å². The van der Waals surface area contributed by atoms with Crippen LogP contribution in [0, 0.1) is 13.8 Å². The van der Waals surface area contributed by atoms with Crippen LogP contribution >= 0.6 is 0 Å². The number of carboxylic acid groups (broad SMARTS) is 1. The molecule has 2 aromatic rings. The van der Waals surface area contributed by atoms with Gasteiger partial charge in [-0.05, 0) is 32.4 Å². The molecule has 7 nitrogen and oxygen atoms in total. The summed E-state index contributed by atoms with van der Waals surface area (Å²) in [5.41, 5.74) is 1.44. The van der Waals surface area contributed by atoms with Crippen LogP contribution in [-0.4, -0.2) is 37.8 Å². The molecule has 2 rings (SSSR count). The molecular formula is C14H18N4O3. The first-order valence-electron chi connectivity index (χ1n) is 6.61. The number of hydrogen-bond acceptors (Lipinski definition) is 3. The van der Waals surface area contributed by atoms with E-state index in [1.807, 2.05) is 19.2 Å². The van der Waals surface area contributed by atoms with Crippen molar-refractivity contribution in [1.82, 2.24) is 20.1 Å². The van der Waals surface area contributed by atoms with Gasteiger partial charge in [-0.25, -0.2) is 4.79 Å². The number of H-pyrrole nitrogens is 1. The van der Waals surface area contributed by atoms with E-state index in [9.17, 15) is 9.59 Å². The number of rotatable bonds is 5. The summed E-state index contributed by atoms with van der Waals surface area (Å²) in [6.07, 6.45) is 3.49. The maximum atomic E-state index is 12.3. The molecule has 0 radical (unpaired) electrons. The fraction of sp³-hybridized carbons (Fsp3) is 0.357. The number of nitrogens with one attached hydrogen (secondary N) is 2. The van der Waals surface area contributed by atoms with Crippen LogP contribution in [0.25, 0.3) is 0 Å². The van der Waals surface area contributed by atoms with Gasteiger partial charge in [0.05, 0.1) is 12.1 Å². The van der Waals surface area contributed by atoms with Gasteiger partial charge in [0.25, 0.3) is 5.91 Å². The van der Waals surface area contributed by atoms with E-state index in [1.165, 1.54) is 0 Å². The third-order valence-electron chi connectivity index (χ3n) is 3.28. The van der Waals surface area contributed by atoms with Crippen molar-refractivity contribution in [2.45, 2.75) is 33.4 Å². The summed E-state index contributed by atoms with van der Waals surface area (Å²) >= 11 is 0. The SMILES string of the molecule is Cc1[nH]c(C(=O)O)c(C)c1C(=O)NC(C)Cn1cccn1. The van der Waals surface area contributed by atoms with Gasteiger partial charge in [-0.1, -0.05) is 0 Å². The van der Waals surface area contributed by atoms with E-state index >= 15 is 0 Å². The zero-order chi connectivity index (χ0) is 15.6. The number of carboxylic acids is 1. The minimum Gasteiger partial charge on any atom is -0.477 e. The maximum Gasteiger partial charge on any atom is 0.352 e. The Bertz CT molecular complexity index is 658. The predicted molar refractivity (Wildman–Crippen MR) is 76.4 cm³/mol. The van der Waals surface area contributed by atoms with Gasteiger partial charge in [0.2, 0.25) is 0 Å². The molecule has 0 saturated carbocycles. The van der Waals surface area contributed by atoms with Crippen molar-refractivity contribution in [1.29, 1.82) is 0 Å². The fourth-order valence-electron chi connectivity index (χ4n) is 2.34. The second-order valence-corrected chi connectivity index (χ2v) is 5.03. The normalized spacial score (nSPS) is 12.1. The van der Waals surface area contributed by atoms with E-state index < -0.39 is 5.97 Å². The zero-order valence-electron chi connectivity index (χ0n) is 12.2. The number of aryl methyl sites for hydroxylation is 1. The third kappa shape index (κ3) is 3.13. The van der Waals surface area contributed by atoms with Gasteiger partial charge in [-0.15, -0.1) is 0 Å². The molecule has 1 unspecified atom stereocenters. The van der Waals surface area contributed by atoms with Crippen molar-refractivity contribution >= 4 is 11.9 Å². The number of aromatic carboxylic acids is 1. The summed E-state index contributed by atoms with van der Waals surface area (Å²) < 4.78 is 1.73. The van der Waals surface area contributed by atoms with Crippen LogP contribution in [-0.2, 0) is 6.54 Å². The first-order chi connectivity index (χ1) is 9.90. The lowest BCUT2D eigenvalue weighted by atomic mass is 10.1. The number of amides is 1. The maximum absolute atomic E-state index is 12.3. The van der Waals surface area contributed by atoms with Crippen molar-refractivity contribution in [3.05, 3.63) is 41.0 Å². The molecule has 3 N–H and O–H groups in total. The van der Waals surface area contributed by atoms with Gasteiger partial charge >= 0.3 is 5.97 Å². The topological polar surface area (TPSA) is 100 Å². The Balaban J connectivity index is 2.11. The number of carbonyl (C=O) groups excluding carboxylic acids is 1. The summed E-state index contributed by atoms with van der Waals surface area (Å²) in [4.78, 5) is 26.1. The molecular weight excluding hydrogens is 272 g/mol. The number of carbonyl (C=O) groups is 2. The fourth-order valence-corrected chi connectivity index (χ4v) is 2.34. The number of hydrogen-bond donors (Lipinski definition) is 3. The summed E-state index contributed by atoms with van der Waals surface area (Å²) in [5.74, 6) is -1.35. The average Bonchev–Trinajstić information content (AvgIpc) is 2.97. The van der Waals surface area contributed by atoms with E-state index in [0.717, 1.165) is 0 Å². The largest absolute Gasteiger partial charge is 0.477 e. The molecule has 0 aliphatic carbocycles. The van der Waals surface area contributed by atoms with E-state index in [1.54, 1.807) is 24.7 Å². The van der Waals surface area contributed by atoms with Gasteiger partial charge in [-0.3, -0.25) is 9.48 Å². The number of nitrogens with zero attached hydrogens (tertiary/aromatic N) is 2. The monoisotopic (exact) mass is 290 g/mol. The third-order valence-corrected chi connectivity index (χ3v) is 3.28. The molecule has 1 amide bonds. The van der Waals surface area contributed by atoms with E-state index in [2.05, 4.69) is 15.4 Å². The minimum atomic E-state index is -1.07. The van der Waals surface area contributed by atoms with Crippen molar-refractivity contribution in [3.63, 3.8) is 0 Å². The quantitative estimate of drug-likeness (QED) is 0.773. The lowest BCUT2D eigenvalue weighted by molar-refractivity contribution is 0.0690. The first kappa shape index (κ1) is 14.8. The van der Waals surface area contributed by atoms with Crippen LogP contribution in [0.3, 0.4) is 0 Å². The number of aromatic nitrogens is 3. The molecule has 0 saturated heterocycles. The highest BCUT2D eigenvalue weighted by Crippen LogP contribution is 2.18. The minimum absolute atomic E-state index is 0.0531. The smallest absolute Gasteiger partial charge is 0.352 e. The Morgan fingerprint density at radius 3 is 2.71 bits per heavy atom. The van der Waals surface area contributed by atoms with Crippen LogP contribution in [0.5, 0.6) is 0 Å². The molecule has 0 aliphatic heterocycles. The highest BCUT2D eigenvalue weighted by Gasteiger charge is 2.22. The van der Waals surface area contributed by atoms with E-state index in [4.69, 9.17) is 5.11 Å². The van der Waals surface area contributed by atoms with Gasteiger partial charge in [0.15, 0.2) is 0 Å². The Morgan fingerprint density at radius 1 is 1.48 bits per heavy atom. The van der Waals surface area contributed by atoms with Crippen molar-refractivity contribution in [2.75, 3.05) is 0 Å². The Hall–Kier alpha value is -2.57. The zero-order valence-corrected chi connectivity index (χ0v) is 12.2. The van der Waals surface area contributed by atoms with Crippen molar-refractivity contribution < 1.29 is 14.7 Å². The second-order valence-electron chi connectivity index (χ2n) is 5.03. The molecule has 0 bridgehead atoms. The summed E-state index contributed by atoms with van der Waals surface area (Å²) in [6, 6.07) is 1.69. The van der Waals surface area contributed by atoms with Gasteiger partial charge in [0.1, 0.15) is 5.69 Å². The Morgan fingerprint density at radius 2 is 2.19 bits per heavy atom. The van der Waals surface area contributed by atoms with Gasteiger partial charge in [0, 0.05) is 24.1 Å². The molecule has 2 heterocycles. The number of aromatic amines is 1. The van der Waals surface area contributed by atoms with Crippen LogP contribution in [0.15, 0.2) is 18.5 Å². The molecule has 0 spiro atoms. The predicted octanol–water partition coefficient (Wildman–Crippen LogP) is 1.34. The van der Waals surface area contributed by atoms with Crippen LogP contribution in [0.4, 0.5) is 0 Å². The van der Waals surface area contributed by atoms with Crippen LogP contribution in [0.1, 0.15) is 39.0 Å². The summed E-state index contributed by atoms with van der Waals surface area (Å²) in [7, 11) is 0. The lowest BCUT2D eigenvalue weighted by Crippen LogP contribution is -2.36. The molecule has 2 aromatic heterocycles. The highest BCUT2D eigenvalue weighted by molar-refractivity contribution is 6.00. The van der Waals surface area contributed by atoms with Crippen molar-refractivity contribution in [3.8, 4) is 0 Å². The highest BCUT2D eigenvalue weighted by atomic mass is 16.4. The molecule has 1 atom stereocenters. The lowest BCUT2D eigenvalue weighted by Gasteiger charge is -2.14.